The van der Waals surface area contributed by atoms with Gasteiger partial charge >= 0.3 is 0 Å². The molecule has 0 spiro atoms. The van der Waals surface area contributed by atoms with E-state index in [-0.39, 0.29) is 17.4 Å². The Morgan fingerprint density at radius 2 is 2.28 bits per heavy atom. The fraction of sp³-hybridized carbons (Fsp3) is 0.643. The highest BCUT2D eigenvalue weighted by Crippen LogP contribution is 2.42. The van der Waals surface area contributed by atoms with Crippen molar-refractivity contribution in [2.75, 3.05) is 6.54 Å². The number of rotatable bonds is 5. The average molecular weight is 266 g/mol. The minimum Gasteiger partial charge on any atom is -0.349 e. The Balaban J connectivity index is 1.87. The fourth-order valence-electron chi connectivity index (χ4n) is 2.52. The minimum absolute atomic E-state index is 0.0924. The van der Waals surface area contributed by atoms with Gasteiger partial charge in [0.25, 0.3) is 0 Å². The molecular formula is C14H22N2OS. The van der Waals surface area contributed by atoms with Crippen molar-refractivity contribution < 1.29 is 4.79 Å². The SMILES string of the molecule is Cc1ccc(C(C)NC(=O)CC2(CN)CCC2)s1. The number of hydrogen-bond donors (Lipinski definition) is 2. The van der Waals surface area contributed by atoms with Crippen LogP contribution in [0.4, 0.5) is 0 Å². The average Bonchev–Trinajstić information content (AvgIpc) is 2.70. The van der Waals surface area contributed by atoms with Gasteiger partial charge in [0.05, 0.1) is 6.04 Å². The van der Waals surface area contributed by atoms with Gasteiger partial charge in [0.2, 0.25) is 5.91 Å². The molecule has 3 nitrogen and oxygen atoms in total. The molecule has 1 amide bonds. The third-order valence-corrected chi connectivity index (χ3v) is 5.13. The quantitative estimate of drug-likeness (QED) is 0.861. The van der Waals surface area contributed by atoms with E-state index in [1.165, 1.54) is 16.2 Å². The lowest BCUT2D eigenvalue weighted by Crippen LogP contribution is -2.42. The molecule has 100 valence electrons. The summed E-state index contributed by atoms with van der Waals surface area (Å²) in [5.41, 5.74) is 5.88. The maximum atomic E-state index is 12.0. The van der Waals surface area contributed by atoms with Gasteiger partial charge in [0, 0.05) is 16.2 Å². The molecule has 2 rings (SSSR count). The van der Waals surface area contributed by atoms with E-state index >= 15 is 0 Å². The van der Waals surface area contributed by atoms with E-state index in [2.05, 4.69) is 24.4 Å². The molecule has 1 atom stereocenters. The number of thiophene rings is 1. The molecule has 1 heterocycles. The van der Waals surface area contributed by atoms with Crippen molar-refractivity contribution in [1.82, 2.24) is 5.32 Å². The molecule has 3 N–H and O–H groups in total. The molecule has 0 aliphatic heterocycles. The first-order chi connectivity index (χ1) is 8.54. The number of aryl methyl sites for hydroxylation is 1. The Morgan fingerprint density at radius 1 is 1.56 bits per heavy atom. The van der Waals surface area contributed by atoms with E-state index < -0.39 is 0 Å². The van der Waals surface area contributed by atoms with Crippen LogP contribution in [0.25, 0.3) is 0 Å². The standard InChI is InChI=1S/C14H22N2OS/c1-10-4-5-12(18-10)11(2)16-13(17)8-14(9-15)6-3-7-14/h4-5,11H,3,6-9,15H2,1-2H3,(H,16,17). The molecule has 0 bridgehead atoms. The summed E-state index contributed by atoms with van der Waals surface area (Å²) in [5.74, 6) is 0.138. The summed E-state index contributed by atoms with van der Waals surface area (Å²) in [6.07, 6.45) is 4.00. The van der Waals surface area contributed by atoms with Crippen LogP contribution in [0.2, 0.25) is 0 Å². The van der Waals surface area contributed by atoms with Gasteiger partial charge in [-0.3, -0.25) is 4.79 Å². The van der Waals surface area contributed by atoms with Crippen LogP contribution < -0.4 is 11.1 Å². The number of nitrogens with two attached hydrogens (primary N) is 1. The third kappa shape index (κ3) is 2.93. The maximum Gasteiger partial charge on any atom is 0.221 e. The van der Waals surface area contributed by atoms with E-state index in [1.807, 2.05) is 6.92 Å². The first-order valence-electron chi connectivity index (χ1n) is 6.60. The molecule has 1 aromatic rings. The molecule has 4 heteroatoms. The van der Waals surface area contributed by atoms with E-state index in [0.29, 0.717) is 13.0 Å². The van der Waals surface area contributed by atoms with Gasteiger partial charge in [-0.25, -0.2) is 0 Å². The molecule has 0 aromatic carbocycles. The summed E-state index contributed by atoms with van der Waals surface area (Å²) in [7, 11) is 0. The van der Waals surface area contributed by atoms with Crippen LogP contribution in [0.3, 0.4) is 0 Å². The van der Waals surface area contributed by atoms with Crippen LogP contribution in [-0.4, -0.2) is 12.5 Å². The van der Waals surface area contributed by atoms with E-state index in [0.717, 1.165) is 12.8 Å². The van der Waals surface area contributed by atoms with E-state index in [1.54, 1.807) is 11.3 Å². The van der Waals surface area contributed by atoms with Crippen LogP contribution in [0.5, 0.6) is 0 Å². The zero-order valence-electron chi connectivity index (χ0n) is 11.2. The summed E-state index contributed by atoms with van der Waals surface area (Å²) in [6.45, 7) is 4.76. The number of carbonyl (C=O) groups is 1. The minimum atomic E-state index is 0.0924. The lowest BCUT2D eigenvalue weighted by molar-refractivity contribution is -0.125. The Labute approximate surface area is 113 Å². The summed E-state index contributed by atoms with van der Waals surface area (Å²) in [4.78, 5) is 14.5. The molecule has 1 fully saturated rings. The van der Waals surface area contributed by atoms with Crippen LogP contribution in [0, 0.1) is 12.3 Å². The van der Waals surface area contributed by atoms with Crippen molar-refractivity contribution >= 4 is 17.2 Å². The van der Waals surface area contributed by atoms with Crippen LogP contribution in [0.1, 0.15) is 48.4 Å². The molecule has 18 heavy (non-hydrogen) atoms. The predicted octanol–water partition coefficient (Wildman–Crippen LogP) is 2.75. The van der Waals surface area contributed by atoms with E-state index in [9.17, 15) is 4.79 Å². The molecule has 1 aliphatic rings. The second-order valence-electron chi connectivity index (χ2n) is 5.47. The van der Waals surface area contributed by atoms with Gasteiger partial charge in [-0.15, -0.1) is 11.3 Å². The van der Waals surface area contributed by atoms with Crippen molar-refractivity contribution in [3.8, 4) is 0 Å². The number of amides is 1. The topological polar surface area (TPSA) is 55.1 Å². The van der Waals surface area contributed by atoms with Gasteiger partial charge < -0.3 is 11.1 Å². The monoisotopic (exact) mass is 266 g/mol. The smallest absolute Gasteiger partial charge is 0.221 e. The molecule has 0 radical (unpaired) electrons. The molecule has 1 aromatic heterocycles. The highest BCUT2D eigenvalue weighted by Gasteiger charge is 2.37. The molecular weight excluding hydrogens is 244 g/mol. The van der Waals surface area contributed by atoms with Crippen molar-refractivity contribution in [1.29, 1.82) is 0 Å². The largest absolute Gasteiger partial charge is 0.349 e. The molecule has 1 unspecified atom stereocenters. The number of hydrogen-bond acceptors (Lipinski definition) is 3. The summed E-state index contributed by atoms with van der Waals surface area (Å²) >= 11 is 1.74. The van der Waals surface area contributed by atoms with Crippen molar-refractivity contribution in [2.24, 2.45) is 11.1 Å². The van der Waals surface area contributed by atoms with Crippen molar-refractivity contribution in [3.05, 3.63) is 21.9 Å². The van der Waals surface area contributed by atoms with Crippen LogP contribution in [0.15, 0.2) is 12.1 Å². The number of nitrogens with one attached hydrogen (secondary N) is 1. The Morgan fingerprint density at radius 3 is 2.72 bits per heavy atom. The second-order valence-corrected chi connectivity index (χ2v) is 6.79. The summed E-state index contributed by atoms with van der Waals surface area (Å²) in [6, 6.07) is 4.29. The molecule has 0 saturated heterocycles. The van der Waals surface area contributed by atoms with Crippen LogP contribution in [-0.2, 0) is 4.79 Å². The lowest BCUT2D eigenvalue weighted by Gasteiger charge is -2.40. The normalized spacial score (nSPS) is 19.1. The van der Waals surface area contributed by atoms with E-state index in [4.69, 9.17) is 5.73 Å². The van der Waals surface area contributed by atoms with Gasteiger partial charge in [-0.1, -0.05) is 6.42 Å². The zero-order valence-corrected chi connectivity index (χ0v) is 12.0. The Kier molecular flexibility index (Phi) is 4.07. The van der Waals surface area contributed by atoms with Gasteiger partial charge in [-0.2, -0.15) is 0 Å². The Bertz CT molecular complexity index is 418. The van der Waals surface area contributed by atoms with Gasteiger partial charge in [0.1, 0.15) is 0 Å². The predicted molar refractivity (Wildman–Crippen MR) is 75.6 cm³/mol. The van der Waals surface area contributed by atoms with Crippen molar-refractivity contribution in [2.45, 2.75) is 45.6 Å². The third-order valence-electron chi connectivity index (χ3n) is 3.95. The maximum absolute atomic E-state index is 12.0. The van der Waals surface area contributed by atoms with Crippen LogP contribution >= 0.6 is 11.3 Å². The highest BCUT2D eigenvalue weighted by molar-refractivity contribution is 7.12. The van der Waals surface area contributed by atoms with Crippen molar-refractivity contribution in [3.63, 3.8) is 0 Å². The first-order valence-corrected chi connectivity index (χ1v) is 7.42. The Hall–Kier alpha value is -0.870. The summed E-state index contributed by atoms with van der Waals surface area (Å²) in [5, 5.41) is 3.08. The zero-order chi connectivity index (χ0) is 13.2. The number of carbonyl (C=O) groups excluding carboxylic acids is 1. The molecule has 1 saturated carbocycles. The van der Waals surface area contributed by atoms with Gasteiger partial charge in [-0.05, 0) is 50.8 Å². The highest BCUT2D eigenvalue weighted by atomic mass is 32.1. The molecule has 1 aliphatic carbocycles. The second kappa shape index (κ2) is 5.41. The first kappa shape index (κ1) is 13.6. The lowest BCUT2D eigenvalue weighted by atomic mass is 9.66. The van der Waals surface area contributed by atoms with Gasteiger partial charge in [0.15, 0.2) is 0 Å². The fourth-order valence-corrected chi connectivity index (χ4v) is 3.40. The summed E-state index contributed by atoms with van der Waals surface area (Å²) < 4.78 is 0.